The van der Waals surface area contributed by atoms with Gasteiger partial charge in [0.05, 0.1) is 25.4 Å². The van der Waals surface area contributed by atoms with Crippen LogP contribution >= 0.6 is 7.82 Å². The summed E-state index contributed by atoms with van der Waals surface area (Å²) in [5, 5.41) is 79.7. The number of ether oxygens (including phenoxy) is 2. The normalized spacial score (nSPS) is 26.5. The van der Waals surface area contributed by atoms with Crippen LogP contribution in [0.1, 0.15) is 32.3 Å². The first-order valence-corrected chi connectivity index (χ1v) is 17.9. The highest BCUT2D eigenvalue weighted by Gasteiger charge is 2.45. The van der Waals surface area contributed by atoms with Gasteiger partial charge in [0.25, 0.3) is 5.56 Å². The van der Waals surface area contributed by atoms with Crippen LogP contribution < -0.4 is 27.2 Å². The number of nitrogens with two attached hydrogens (primary N) is 1. The molecule has 4 rings (SSSR count). The third-order valence-electron chi connectivity index (χ3n) is 8.58. The summed E-state index contributed by atoms with van der Waals surface area (Å²) in [5.74, 6) is -2.72. The van der Waals surface area contributed by atoms with Gasteiger partial charge in [0.1, 0.15) is 36.2 Å². The number of aromatic amines is 1. The van der Waals surface area contributed by atoms with Crippen LogP contribution in [-0.4, -0.2) is 143 Å². The number of benzene rings is 1. The Balaban J connectivity index is 1.22. The van der Waals surface area contributed by atoms with Gasteiger partial charge in [-0.2, -0.15) is 4.98 Å². The van der Waals surface area contributed by atoms with Crippen LogP contribution in [0.2, 0.25) is 0 Å². The SMILES string of the molecule is C[C@@H]1Nc2nc(N)[nH]c(=O)c2N[C@H]1[C@@H](C)Nc1ccc(C[C@H](O)[C@@H](O)[C@H](O)CO[C@H]2O[C@H](COP(=O)(O)O[C@H](CCC(=O)O)C(=O)O)[C@@H](O)[C@H]2O)cc1. The number of hydrogen-bond acceptors (Lipinski definition) is 18. The zero-order valence-electron chi connectivity index (χ0n) is 28.5. The van der Waals surface area contributed by atoms with Crippen LogP contribution in [0.3, 0.4) is 0 Å². The van der Waals surface area contributed by atoms with Gasteiger partial charge >= 0.3 is 19.8 Å². The van der Waals surface area contributed by atoms with Crippen LogP contribution in [0.4, 0.5) is 23.1 Å². The average Bonchev–Trinajstić information content (AvgIpc) is 3.35. The Bertz CT molecular complexity index is 1670. The van der Waals surface area contributed by atoms with Crippen molar-refractivity contribution in [3.63, 3.8) is 0 Å². The molecule has 2 aliphatic rings. The standard InChI is InChI=1S/C30H45N6O16P/c1-12(21-13(2)33-26-22(34-21)27(44)36-30(31)35-26)32-15-5-3-14(4-6-15)9-16(37)23(41)17(38)10-49-29-25(43)24(42)19(51-29)11-50-53(47,48)52-18(28(45)46)7-8-20(39)40/h3-6,12-13,16-19,21,23-25,29,32,34,37-38,41-43H,7-11H2,1-2H3,(H,39,40)(H,45,46)(H,47,48)(H4,31,33,35,36,44)/t12-,13+,16+,17-,18-,19-,21+,23-,24-,25-,29+/m1/s1. The van der Waals surface area contributed by atoms with Crippen molar-refractivity contribution in [1.82, 2.24) is 9.97 Å². The monoisotopic (exact) mass is 776 g/mol. The summed E-state index contributed by atoms with van der Waals surface area (Å²) in [6.07, 6.45) is -14.9. The number of carboxylic acid groups (broad SMARTS) is 2. The van der Waals surface area contributed by atoms with E-state index < -0.39 is 100 Å². The minimum atomic E-state index is -5.11. The zero-order chi connectivity index (χ0) is 39.2. The van der Waals surface area contributed by atoms with Crippen molar-refractivity contribution < 1.29 is 73.3 Å². The second-order valence-electron chi connectivity index (χ2n) is 12.7. The molecule has 296 valence electrons. The molecule has 2 aromatic rings. The molecule has 0 aliphatic carbocycles. The second-order valence-corrected chi connectivity index (χ2v) is 14.1. The number of fused-ring (bicyclic) bond motifs is 1. The maximum absolute atomic E-state index is 12.4. The van der Waals surface area contributed by atoms with E-state index in [1.165, 1.54) is 0 Å². The smallest absolute Gasteiger partial charge is 0.473 e. The minimum absolute atomic E-state index is 0.000402. The van der Waals surface area contributed by atoms with Crippen molar-refractivity contribution in [2.75, 3.05) is 34.9 Å². The molecule has 1 unspecified atom stereocenters. The fourth-order valence-corrected chi connectivity index (χ4v) is 6.62. The predicted octanol–water partition coefficient (Wildman–Crippen LogP) is -2.01. The number of carboxylic acids is 2. The Hall–Kier alpha value is -3.93. The van der Waals surface area contributed by atoms with Crippen molar-refractivity contribution in [3.8, 4) is 0 Å². The Morgan fingerprint density at radius 1 is 1.09 bits per heavy atom. The Kier molecular flexibility index (Phi) is 14.1. The summed E-state index contributed by atoms with van der Waals surface area (Å²) in [6.45, 7) is 2.27. The largest absolute Gasteiger partial charge is 0.481 e. The number of aromatic nitrogens is 2. The third-order valence-corrected chi connectivity index (χ3v) is 9.58. The van der Waals surface area contributed by atoms with E-state index in [0.717, 1.165) is 5.69 Å². The highest BCUT2D eigenvalue weighted by molar-refractivity contribution is 7.47. The van der Waals surface area contributed by atoms with E-state index in [0.29, 0.717) is 11.4 Å². The number of nitrogens with zero attached hydrogens (tertiary/aromatic N) is 1. The van der Waals surface area contributed by atoms with Crippen molar-refractivity contribution in [1.29, 1.82) is 0 Å². The number of carbonyl (C=O) groups is 2. The molecule has 22 nitrogen and oxygen atoms in total. The van der Waals surface area contributed by atoms with E-state index in [4.69, 9.17) is 25.4 Å². The van der Waals surface area contributed by atoms with Crippen LogP contribution in [0.25, 0.3) is 0 Å². The molecule has 2 aliphatic heterocycles. The van der Waals surface area contributed by atoms with E-state index >= 15 is 0 Å². The minimum Gasteiger partial charge on any atom is -0.481 e. The second kappa shape index (κ2) is 17.9. The van der Waals surface area contributed by atoms with Crippen molar-refractivity contribution >= 4 is 42.9 Å². The van der Waals surface area contributed by atoms with Crippen molar-refractivity contribution in [3.05, 3.63) is 40.2 Å². The quantitative estimate of drug-likeness (QED) is 0.0685. The molecular formula is C30H45N6O16P. The summed E-state index contributed by atoms with van der Waals surface area (Å²) < 4.78 is 32.0. The number of H-pyrrole nitrogens is 1. The molecule has 53 heavy (non-hydrogen) atoms. The van der Waals surface area contributed by atoms with Gasteiger partial charge in [-0.05, 0) is 38.0 Å². The van der Waals surface area contributed by atoms with E-state index in [1.54, 1.807) is 24.3 Å². The Morgan fingerprint density at radius 2 is 1.77 bits per heavy atom. The van der Waals surface area contributed by atoms with Gasteiger partial charge in [-0.1, -0.05) is 12.1 Å². The van der Waals surface area contributed by atoms with Crippen molar-refractivity contribution in [2.45, 2.75) is 100 Å². The fraction of sp³-hybridized carbons (Fsp3) is 0.600. The molecule has 3 heterocycles. The lowest BCUT2D eigenvalue weighted by atomic mass is 9.98. The number of anilines is 4. The third kappa shape index (κ3) is 11.3. The van der Waals surface area contributed by atoms with Crippen LogP contribution in [0, 0.1) is 0 Å². The number of nitrogens with one attached hydrogen (secondary N) is 4. The van der Waals surface area contributed by atoms with Gasteiger partial charge < -0.3 is 71.8 Å². The van der Waals surface area contributed by atoms with Crippen LogP contribution in [0.15, 0.2) is 29.1 Å². The van der Waals surface area contributed by atoms with Gasteiger partial charge in [-0.25, -0.2) is 9.36 Å². The molecule has 23 heteroatoms. The van der Waals surface area contributed by atoms with E-state index in [-0.39, 0.29) is 36.2 Å². The molecular weight excluding hydrogens is 731 g/mol. The fourth-order valence-electron chi connectivity index (χ4n) is 5.71. The summed E-state index contributed by atoms with van der Waals surface area (Å²) >= 11 is 0. The molecule has 0 radical (unpaired) electrons. The van der Waals surface area contributed by atoms with Crippen LogP contribution in [-0.2, 0) is 39.1 Å². The Labute approximate surface area is 301 Å². The Morgan fingerprint density at radius 3 is 2.42 bits per heavy atom. The molecule has 0 amide bonds. The van der Waals surface area contributed by atoms with Gasteiger partial charge in [0, 0.05) is 30.6 Å². The number of aliphatic hydroxyl groups is 5. The molecule has 0 saturated carbocycles. The molecule has 14 N–H and O–H groups in total. The lowest BCUT2D eigenvalue weighted by Gasteiger charge is -2.37. The predicted molar refractivity (Wildman–Crippen MR) is 183 cm³/mol. The lowest BCUT2D eigenvalue weighted by Crippen LogP contribution is -2.51. The number of aliphatic carboxylic acids is 2. The van der Waals surface area contributed by atoms with Gasteiger partial charge in [-0.15, -0.1) is 0 Å². The average molecular weight is 777 g/mol. The first kappa shape index (κ1) is 41.8. The molecule has 1 saturated heterocycles. The summed E-state index contributed by atoms with van der Waals surface area (Å²) in [6, 6.07) is 6.40. The van der Waals surface area contributed by atoms with E-state index in [1.807, 2.05) is 13.8 Å². The number of rotatable bonds is 19. The number of phosphoric acid groups is 1. The number of aliphatic hydroxyl groups excluding tert-OH is 5. The van der Waals surface area contributed by atoms with E-state index in [2.05, 4.69) is 35.0 Å². The molecule has 1 aromatic heterocycles. The molecule has 0 bridgehead atoms. The van der Waals surface area contributed by atoms with Gasteiger partial charge in [0.15, 0.2) is 18.2 Å². The maximum Gasteiger partial charge on any atom is 0.473 e. The lowest BCUT2D eigenvalue weighted by molar-refractivity contribution is -0.192. The highest BCUT2D eigenvalue weighted by atomic mass is 31.2. The molecule has 1 aromatic carbocycles. The van der Waals surface area contributed by atoms with Crippen molar-refractivity contribution in [2.24, 2.45) is 0 Å². The first-order valence-electron chi connectivity index (χ1n) is 16.4. The van der Waals surface area contributed by atoms with Gasteiger partial charge in [0.2, 0.25) is 5.95 Å². The summed E-state index contributed by atoms with van der Waals surface area (Å²) in [7, 11) is -5.11. The zero-order valence-corrected chi connectivity index (χ0v) is 29.4. The molecule has 12 atom stereocenters. The van der Waals surface area contributed by atoms with Gasteiger partial charge in [-0.3, -0.25) is 23.6 Å². The number of nitrogen functional groups attached to an aromatic ring is 1. The first-order chi connectivity index (χ1) is 24.8. The highest BCUT2D eigenvalue weighted by Crippen LogP contribution is 2.46. The molecule has 1 fully saturated rings. The number of phosphoric ester groups is 1. The summed E-state index contributed by atoms with van der Waals surface area (Å²) in [4.78, 5) is 50.8. The topological polar surface area (TPSA) is 358 Å². The summed E-state index contributed by atoms with van der Waals surface area (Å²) in [5.41, 5.74) is 6.85. The maximum atomic E-state index is 12.4. The number of hydrogen-bond donors (Lipinski definition) is 13. The molecule has 0 spiro atoms. The van der Waals surface area contributed by atoms with E-state index in [9.17, 15) is 49.4 Å². The van der Waals surface area contributed by atoms with Crippen LogP contribution in [0.5, 0.6) is 0 Å².